The van der Waals surface area contributed by atoms with Crippen molar-refractivity contribution in [3.8, 4) is 0 Å². The Hall–Kier alpha value is -1.16. The van der Waals surface area contributed by atoms with Gasteiger partial charge in [-0.1, -0.05) is 13.0 Å². The second-order valence-electron chi connectivity index (χ2n) is 4.44. The molecular weight excluding hydrogens is 246 g/mol. The van der Waals surface area contributed by atoms with Gasteiger partial charge in [0.05, 0.1) is 13.0 Å². The van der Waals surface area contributed by atoms with Gasteiger partial charge in [0, 0.05) is 22.9 Å². The normalized spacial score (nSPS) is 15.4. The van der Waals surface area contributed by atoms with Gasteiger partial charge in [-0.15, -0.1) is 11.8 Å². The number of nitrogens with one attached hydrogen (secondary N) is 1. The fourth-order valence-electron chi connectivity index (χ4n) is 2.16. The van der Waals surface area contributed by atoms with Crippen LogP contribution in [0.3, 0.4) is 0 Å². The minimum Gasteiger partial charge on any atom is -0.469 e. The zero-order valence-corrected chi connectivity index (χ0v) is 11.7. The van der Waals surface area contributed by atoms with Crippen LogP contribution in [0.5, 0.6) is 0 Å². The Morgan fingerprint density at radius 1 is 1.56 bits per heavy atom. The number of benzene rings is 1. The second kappa shape index (κ2) is 6.14. The summed E-state index contributed by atoms with van der Waals surface area (Å²) in [7, 11) is 1.45. The molecule has 98 valence electrons. The van der Waals surface area contributed by atoms with Crippen LogP contribution in [0.15, 0.2) is 23.1 Å². The zero-order valence-electron chi connectivity index (χ0n) is 10.9. The van der Waals surface area contributed by atoms with E-state index in [0.29, 0.717) is 0 Å². The van der Waals surface area contributed by atoms with Crippen molar-refractivity contribution in [2.24, 2.45) is 5.92 Å². The predicted molar refractivity (Wildman–Crippen MR) is 75.2 cm³/mol. The zero-order chi connectivity index (χ0) is 13.0. The summed E-state index contributed by atoms with van der Waals surface area (Å²) in [6, 6.07) is 6.42. The summed E-state index contributed by atoms with van der Waals surface area (Å²) in [5, 5.41) is 3.40. The summed E-state index contributed by atoms with van der Waals surface area (Å²) >= 11 is 1.88. The van der Waals surface area contributed by atoms with Crippen LogP contribution in [-0.4, -0.2) is 25.4 Å². The van der Waals surface area contributed by atoms with E-state index >= 15 is 0 Å². The number of fused-ring (bicyclic) bond motifs is 1. The fourth-order valence-corrected chi connectivity index (χ4v) is 3.04. The molecule has 1 heterocycles. The molecule has 1 aliphatic heterocycles. The monoisotopic (exact) mass is 265 g/mol. The van der Waals surface area contributed by atoms with Crippen LogP contribution in [0.2, 0.25) is 0 Å². The van der Waals surface area contributed by atoms with Crippen molar-refractivity contribution in [1.29, 1.82) is 0 Å². The van der Waals surface area contributed by atoms with E-state index in [-0.39, 0.29) is 11.9 Å². The molecule has 1 atom stereocenters. The highest BCUT2D eigenvalue weighted by molar-refractivity contribution is 7.99. The maximum absolute atomic E-state index is 11.6. The van der Waals surface area contributed by atoms with Crippen LogP contribution >= 0.6 is 11.8 Å². The largest absolute Gasteiger partial charge is 0.469 e. The summed E-state index contributed by atoms with van der Waals surface area (Å²) in [4.78, 5) is 12.9. The third-order valence-corrected chi connectivity index (χ3v) is 4.30. The van der Waals surface area contributed by atoms with E-state index in [0.717, 1.165) is 25.1 Å². The second-order valence-corrected chi connectivity index (χ2v) is 5.57. The Morgan fingerprint density at radius 2 is 2.39 bits per heavy atom. The Kier molecular flexibility index (Phi) is 4.53. The number of thioether (sulfide) groups is 1. The Balaban J connectivity index is 2.11. The van der Waals surface area contributed by atoms with Crippen molar-refractivity contribution >= 4 is 23.4 Å². The molecule has 0 saturated heterocycles. The maximum atomic E-state index is 11.6. The van der Waals surface area contributed by atoms with Gasteiger partial charge in [-0.2, -0.15) is 0 Å². The van der Waals surface area contributed by atoms with Gasteiger partial charge in [-0.25, -0.2) is 0 Å². The van der Waals surface area contributed by atoms with Crippen molar-refractivity contribution in [1.82, 2.24) is 0 Å². The highest BCUT2D eigenvalue weighted by Gasteiger charge is 2.18. The first-order chi connectivity index (χ1) is 8.74. The summed E-state index contributed by atoms with van der Waals surface area (Å²) in [6.07, 6.45) is 1.56. The van der Waals surface area contributed by atoms with Gasteiger partial charge in [-0.05, 0) is 30.5 Å². The van der Waals surface area contributed by atoms with Gasteiger partial charge >= 0.3 is 5.97 Å². The number of hydrogen-bond donors (Lipinski definition) is 1. The first kappa shape index (κ1) is 13.3. The molecule has 4 heteroatoms. The minimum atomic E-state index is -0.113. The van der Waals surface area contributed by atoms with E-state index in [1.54, 1.807) is 0 Å². The number of hydrogen-bond acceptors (Lipinski definition) is 4. The lowest BCUT2D eigenvalue weighted by atomic mass is 9.97. The number of anilines is 1. The van der Waals surface area contributed by atoms with Crippen molar-refractivity contribution in [3.63, 3.8) is 0 Å². The van der Waals surface area contributed by atoms with Gasteiger partial charge in [0.2, 0.25) is 0 Å². The molecule has 0 bridgehead atoms. The molecule has 0 fully saturated rings. The molecule has 0 radical (unpaired) electrons. The van der Waals surface area contributed by atoms with Crippen molar-refractivity contribution < 1.29 is 9.53 Å². The number of esters is 1. The van der Waals surface area contributed by atoms with Crippen molar-refractivity contribution in [2.45, 2.75) is 24.7 Å². The molecule has 18 heavy (non-hydrogen) atoms. The SMILES string of the molecule is CCC(Cc1ccc2c(c1)NCCS2)C(=O)OC. The molecular formula is C14H19NO2S. The first-order valence-corrected chi connectivity index (χ1v) is 7.30. The summed E-state index contributed by atoms with van der Waals surface area (Å²) in [5.74, 6) is 0.966. The fraction of sp³-hybridized carbons (Fsp3) is 0.500. The van der Waals surface area contributed by atoms with Crippen molar-refractivity contribution in [3.05, 3.63) is 23.8 Å². The summed E-state index contributed by atoms with van der Waals surface area (Å²) < 4.78 is 4.83. The van der Waals surface area contributed by atoms with Gasteiger partial charge in [0.15, 0.2) is 0 Å². The Morgan fingerprint density at radius 3 is 3.11 bits per heavy atom. The molecule has 1 aromatic carbocycles. The van der Waals surface area contributed by atoms with Crippen LogP contribution in [-0.2, 0) is 16.0 Å². The third kappa shape index (κ3) is 2.99. The predicted octanol–water partition coefficient (Wildman–Crippen LogP) is 2.95. The molecule has 1 aliphatic rings. The lowest BCUT2D eigenvalue weighted by molar-refractivity contribution is -0.145. The number of methoxy groups -OCH3 is 1. The van der Waals surface area contributed by atoms with Gasteiger partial charge in [0.25, 0.3) is 0 Å². The van der Waals surface area contributed by atoms with E-state index in [2.05, 4.69) is 23.5 Å². The average Bonchev–Trinajstić information content (AvgIpc) is 2.43. The van der Waals surface area contributed by atoms with Crippen molar-refractivity contribution in [2.75, 3.05) is 24.7 Å². The molecule has 1 aromatic rings. The van der Waals surface area contributed by atoms with E-state index < -0.39 is 0 Å². The van der Waals surface area contributed by atoms with Gasteiger partial charge in [-0.3, -0.25) is 4.79 Å². The van der Waals surface area contributed by atoms with Crippen LogP contribution in [0, 0.1) is 5.92 Å². The van der Waals surface area contributed by atoms with Crippen LogP contribution < -0.4 is 5.32 Å². The topological polar surface area (TPSA) is 38.3 Å². The molecule has 1 N–H and O–H groups in total. The van der Waals surface area contributed by atoms with Gasteiger partial charge in [0.1, 0.15) is 0 Å². The number of carbonyl (C=O) groups excluding carboxylic acids is 1. The molecule has 1 unspecified atom stereocenters. The molecule has 0 saturated carbocycles. The third-order valence-electron chi connectivity index (χ3n) is 3.23. The molecule has 0 spiro atoms. The minimum absolute atomic E-state index is 0.0377. The first-order valence-electron chi connectivity index (χ1n) is 6.32. The number of rotatable bonds is 4. The standard InChI is InChI=1S/C14H19NO2S/c1-3-11(14(16)17-2)8-10-4-5-13-12(9-10)15-6-7-18-13/h4-5,9,11,15H,3,6-8H2,1-2H3. The number of ether oxygens (including phenoxy) is 1. The summed E-state index contributed by atoms with van der Waals surface area (Å²) in [5.41, 5.74) is 2.39. The molecule has 0 aromatic heterocycles. The maximum Gasteiger partial charge on any atom is 0.308 e. The van der Waals surface area contributed by atoms with Crippen LogP contribution in [0.1, 0.15) is 18.9 Å². The van der Waals surface area contributed by atoms with Gasteiger partial charge < -0.3 is 10.1 Å². The van der Waals surface area contributed by atoms with Crippen LogP contribution in [0.4, 0.5) is 5.69 Å². The smallest absolute Gasteiger partial charge is 0.308 e. The van der Waals surface area contributed by atoms with Crippen LogP contribution in [0.25, 0.3) is 0 Å². The lowest BCUT2D eigenvalue weighted by Crippen LogP contribution is -2.18. The lowest BCUT2D eigenvalue weighted by Gasteiger charge is -2.19. The van der Waals surface area contributed by atoms with E-state index in [4.69, 9.17) is 4.74 Å². The highest BCUT2D eigenvalue weighted by Crippen LogP contribution is 2.32. The molecule has 2 rings (SSSR count). The van der Waals surface area contributed by atoms with E-state index in [1.165, 1.54) is 23.3 Å². The highest BCUT2D eigenvalue weighted by atomic mass is 32.2. The van der Waals surface area contributed by atoms with E-state index in [1.807, 2.05) is 18.7 Å². The molecule has 0 aliphatic carbocycles. The molecule has 3 nitrogen and oxygen atoms in total. The molecule has 0 amide bonds. The Labute approximate surface area is 112 Å². The van der Waals surface area contributed by atoms with E-state index in [9.17, 15) is 4.79 Å². The average molecular weight is 265 g/mol. The Bertz CT molecular complexity index is 434. The summed E-state index contributed by atoms with van der Waals surface area (Å²) in [6.45, 7) is 3.03. The quantitative estimate of drug-likeness (QED) is 0.850. The number of carbonyl (C=O) groups is 1.